The van der Waals surface area contributed by atoms with Crippen LogP contribution < -0.4 is 5.32 Å². The van der Waals surface area contributed by atoms with Gasteiger partial charge < -0.3 is 14.8 Å². The second-order valence-electron chi connectivity index (χ2n) is 5.34. The molecule has 2 atom stereocenters. The van der Waals surface area contributed by atoms with Crippen LogP contribution >= 0.6 is 0 Å². The van der Waals surface area contributed by atoms with Crippen LogP contribution in [0.3, 0.4) is 0 Å². The molecular weight excluding hydrogens is 246 g/mol. The zero-order valence-electron chi connectivity index (χ0n) is 12.1. The Balaban J connectivity index is 2.33. The maximum atomic E-state index is 11.8. The van der Waals surface area contributed by atoms with Gasteiger partial charge in [0.2, 0.25) is 5.91 Å². The fourth-order valence-electron chi connectivity index (χ4n) is 2.20. The van der Waals surface area contributed by atoms with E-state index in [0.717, 1.165) is 25.9 Å². The molecule has 19 heavy (non-hydrogen) atoms. The molecule has 0 aromatic heterocycles. The van der Waals surface area contributed by atoms with Crippen LogP contribution in [0.4, 0.5) is 0 Å². The van der Waals surface area contributed by atoms with E-state index in [-0.39, 0.29) is 17.9 Å². The fraction of sp³-hybridized carbons (Fsp3) is 0.857. The molecule has 0 aliphatic carbocycles. The van der Waals surface area contributed by atoms with Crippen LogP contribution in [0.15, 0.2) is 0 Å². The van der Waals surface area contributed by atoms with Gasteiger partial charge in [-0.3, -0.25) is 4.79 Å². The number of rotatable bonds is 6. The van der Waals surface area contributed by atoms with Crippen LogP contribution in [-0.2, 0) is 19.1 Å². The Morgan fingerprint density at radius 3 is 2.63 bits per heavy atom. The van der Waals surface area contributed by atoms with E-state index >= 15 is 0 Å². The van der Waals surface area contributed by atoms with E-state index in [1.165, 1.54) is 13.5 Å². The number of carbonyl (C=O) groups is 2. The Morgan fingerprint density at radius 2 is 2.11 bits per heavy atom. The summed E-state index contributed by atoms with van der Waals surface area (Å²) in [6.45, 7) is 4.56. The van der Waals surface area contributed by atoms with Gasteiger partial charge in [0, 0.05) is 13.0 Å². The molecule has 2 unspecified atom stereocenters. The lowest BCUT2D eigenvalue weighted by atomic mass is 10.0. The third kappa shape index (κ3) is 5.59. The van der Waals surface area contributed by atoms with Gasteiger partial charge >= 0.3 is 5.97 Å². The molecule has 0 aromatic rings. The lowest BCUT2D eigenvalue weighted by Crippen LogP contribution is -2.45. The van der Waals surface area contributed by atoms with E-state index in [9.17, 15) is 9.59 Å². The average molecular weight is 271 g/mol. The Morgan fingerprint density at radius 1 is 1.37 bits per heavy atom. The van der Waals surface area contributed by atoms with Gasteiger partial charge in [-0.25, -0.2) is 4.79 Å². The zero-order valence-corrected chi connectivity index (χ0v) is 12.1. The van der Waals surface area contributed by atoms with Gasteiger partial charge in [0.1, 0.15) is 6.04 Å². The first kappa shape index (κ1) is 16.0. The minimum absolute atomic E-state index is 0.0160. The monoisotopic (exact) mass is 271 g/mol. The van der Waals surface area contributed by atoms with Crippen molar-refractivity contribution in [1.82, 2.24) is 5.32 Å². The molecular formula is C14H25NO4. The predicted octanol–water partition coefficient (Wildman–Crippen LogP) is 1.65. The van der Waals surface area contributed by atoms with E-state index < -0.39 is 12.0 Å². The summed E-state index contributed by atoms with van der Waals surface area (Å²) in [4.78, 5) is 23.4. The van der Waals surface area contributed by atoms with Gasteiger partial charge in [-0.1, -0.05) is 13.8 Å². The number of hydrogen-bond donors (Lipinski definition) is 1. The van der Waals surface area contributed by atoms with Crippen molar-refractivity contribution in [3.63, 3.8) is 0 Å². The number of ether oxygens (including phenoxy) is 2. The molecule has 0 aromatic carbocycles. The van der Waals surface area contributed by atoms with Crippen LogP contribution in [0.1, 0.15) is 46.0 Å². The zero-order chi connectivity index (χ0) is 14.3. The normalized spacial score (nSPS) is 20.9. The van der Waals surface area contributed by atoms with E-state index in [1.807, 2.05) is 13.8 Å². The first-order valence-corrected chi connectivity index (χ1v) is 7.03. The summed E-state index contributed by atoms with van der Waals surface area (Å²) in [5.74, 6) is -0.488. The SMILES string of the molecule is COC(=O)C(NC(=O)CCC1CCCCO1)C(C)C. The van der Waals surface area contributed by atoms with Gasteiger partial charge in [-0.05, 0) is 31.6 Å². The molecule has 0 radical (unpaired) electrons. The van der Waals surface area contributed by atoms with E-state index in [2.05, 4.69) is 5.32 Å². The highest BCUT2D eigenvalue weighted by Gasteiger charge is 2.25. The Bertz CT molecular complexity index is 298. The van der Waals surface area contributed by atoms with E-state index in [1.54, 1.807) is 0 Å². The number of esters is 1. The van der Waals surface area contributed by atoms with E-state index in [0.29, 0.717) is 6.42 Å². The van der Waals surface area contributed by atoms with Crippen molar-refractivity contribution in [3.8, 4) is 0 Å². The topological polar surface area (TPSA) is 64.6 Å². The average Bonchev–Trinajstić information content (AvgIpc) is 2.42. The highest BCUT2D eigenvalue weighted by Crippen LogP contribution is 2.17. The number of hydrogen-bond acceptors (Lipinski definition) is 4. The first-order chi connectivity index (χ1) is 9.04. The molecule has 1 N–H and O–H groups in total. The number of amides is 1. The second kappa shape index (κ2) is 8.15. The molecule has 110 valence electrons. The number of carbonyl (C=O) groups excluding carboxylic acids is 2. The minimum Gasteiger partial charge on any atom is -0.467 e. The van der Waals surface area contributed by atoms with Gasteiger partial charge in [-0.2, -0.15) is 0 Å². The maximum Gasteiger partial charge on any atom is 0.328 e. The third-order valence-corrected chi connectivity index (χ3v) is 3.41. The second-order valence-corrected chi connectivity index (χ2v) is 5.34. The summed E-state index contributed by atoms with van der Waals surface area (Å²) in [7, 11) is 1.33. The van der Waals surface area contributed by atoms with Crippen molar-refractivity contribution in [3.05, 3.63) is 0 Å². The lowest BCUT2D eigenvalue weighted by molar-refractivity contribution is -0.146. The molecule has 0 spiro atoms. The number of methoxy groups -OCH3 is 1. The molecule has 1 amide bonds. The molecule has 1 aliphatic rings. The van der Waals surface area contributed by atoms with Crippen LogP contribution in [0.25, 0.3) is 0 Å². The Labute approximate surface area is 115 Å². The van der Waals surface area contributed by atoms with Crippen LogP contribution in [0.5, 0.6) is 0 Å². The summed E-state index contributed by atoms with van der Waals surface area (Å²) in [5.41, 5.74) is 0. The predicted molar refractivity (Wildman–Crippen MR) is 71.6 cm³/mol. The first-order valence-electron chi connectivity index (χ1n) is 7.03. The molecule has 1 rings (SSSR count). The largest absolute Gasteiger partial charge is 0.467 e. The highest BCUT2D eigenvalue weighted by molar-refractivity contribution is 5.84. The van der Waals surface area contributed by atoms with Crippen molar-refractivity contribution in [2.75, 3.05) is 13.7 Å². The van der Waals surface area contributed by atoms with Crippen molar-refractivity contribution < 1.29 is 19.1 Å². The van der Waals surface area contributed by atoms with Crippen molar-refractivity contribution >= 4 is 11.9 Å². The molecule has 1 saturated heterocycles. The van der Waals surface area contributed by atoms with Gasteiger partial charge in [0.05, 0.1) is 13.2 Å². The van der Waals surface area contributed by atoms with Gasteiger partial charge in [0.15, 0.2) is 0 Å². The Hall–Kier alpha value is -1.10. The smallest absolute Gasteiger partial charge is 0.328 e. The summed E-state index contributed by atoms with van der Waals surface area (Å²) in [5, 5.41) is 2.74. The van der Waals surface area contributed by atoms with Crippen molar-refractivity contribution in [2.45, 2.75) is 58.1 Å². The minimum atomic E-state index is -0.565. The molecule has 1 heterocycles. The third-order valence-electron chi connectivity index (χ3n) is 3.41. The molecule has 1 fully saturated rings. The van der Waals surface area contributed by atoms with E-state index in [4.69, 9.17) is 9.47 Å². The van der Waals surface area contributed by atoms with Crippen LogP contribution in [0.2, 0.25) is 0 Å². The van der Waals surface area contributed by atoms with Crippen LogP contribution in [-0.4, -0.2) is 37.7 Å². The molecule has 0 saturated carbocycles. The summed E-state index contributed by atoms with van der Waals surface area (Å²) in [6, 6.07) is -0.565. The van der Waals surface area contributed by atoms with Gasteiger partial charge in [-0.15, -0.1) is 0 Å². The number of nitrogens with one attached hydrogen (secondary N) is 1. The molecule has 5 heteroatoms. The summed E-state index contributed by atoms with van der Waals surface area (Å²) >= 11 is 0. The summed E-state index contributed by atoms with van der Waals surface area (Å²) in [6.07, 6.45) is 4.61. The Kier molecular flexibility index (Phi) is 6.84. The molecule has 0 bridgehead atoms. The lowest BCUT2D eigenvalue weighted by Gasteiger charge is -2.23. The quantitative estimate of drug-likeness (QED) is 0.746. The van der Waals surface area contributed by atoms with Crippen LogP contribution in [0, 0.1) is 5.92 Å². The van der Waals surface area contributed by atoms with Gasteiger partial charge in [0.25, 0.3) is 0 Å². The standard InChI is InChI=1S/C14H25NO4/c1-10(2)13(14(17)18-3)15-12(16)8-7-11-6-4-5-9-19-11/h10-11,13H,4-9H2,1-3H3,(H,15,16). The summed E-state index contributed by atoms with van der Waals surface area (Å²) < 4.78 is 10.3. The van der Waals surface area contributed by atoms with Crippen molar-refractivity contribution in [1.29, 1.82) is 0 Å². The molecule has 1 aliphatic heterocycles. The molecule has 5 nitrogen and oxygen atoms in total. The fourth-order valence-corrected chi connectivity index (χ4v) is 2.20. The van der Waals surface area contributed by atoms with Crippen molar-refractivity contribution in [2.24, 2.45) is 5.92 Å². The maximum absolute atomic E-state index is 11.8. The highest BCUT2D eigenvalue weighted by atomic mass is 16.5.